The number of rotatable bonds is 1. The minimum atomic E-state index is -0.245. The van der Waals surface area contributed by atoms with E-state index < -0.39 is 0 Å². The van der Waals surface area contributed by atoms with Gasteiger partial charge in [-0.1, -0.05) is 20.8 Å². The van der Waals surface area contributed by atoms with Crippen molar-refractivity contribution in [3.63, 3.8) is 0 Å². The molecule has 1 heterocycles. The van der Waals surface area contributed by atoms with Gasteiger partial charge in [0.15, 0.2) is 5.82 Å². The molecule has 1 aliphatic carbocycles. The fourth-order valence-corrected chi connectivity index (χ4v) is 2.08. The van der Waals surface area contributed by atoms with Crippen molar-refractivity contribution >= 4 is 15.9 Å². The molecule has 1 fully saturated rings. The molecule has 0 bridgehead atoms. The Labute approximate surface area is 98.2 Å². The highest BCUT2D eigenvalue weighted by Gasteiger charge is 2.31. The van der Waals surface area contributed by atoms with Crippen LogP contribution in [-0.4, -0.2) is 4.98 Å². The van der Waals surface area contributed by atoms with Crippen LogP contribution in [0.2, 0.25) is 0 Å². The predicted octanol–water partition coefficient (Wildman–Crippen LogP) is 4.16. The molecule has 0 atom stereocenters. The molecule has 0 unspecified atom stereocenters. The molecule has 1 nitrogen and oxygen atoms in total. The molecule has 1 aromatic rings. The fourth-order valence-electron chi connectivity index (χ4n) is 1.79. The first kappa shape index (κ1) is 11.1. The number of nitrogens with zero attached hydrogens (tertiary/aromatic N) is 1. The summed E-state index contributed by atoms with van der Waals surface area (Å²) in [5.41, 5.74) is 2.11. The summed E-state index contributed by atoms with van der Waals surface area (Å²) in [5, 5.41) is 0. The van der Waals surface area contributed by atoms with Crippen LogP contribution in [0.15, 0.2) is 10.7 Å². The topological polar surface area (TPSA) is 12.9 Å². The van der Waals surface area contributed by atoms with Gasteiger partial charge < -0.3 is 0 Å². The summed E-state index contributed by atoms with van der Waals surface area (Å²) < 4.78 is 13.8. The first-order valence-electron chi connectivity index (χ1n) is 5.26. The van der Waals surface area contributed by atoms with Crippen LogP contribution in [0.3, 0.4) is 0 Å². The first-order chi connectivity index (χ1) is 6.89. The zero-order valence-electron chi connectivity index (χ0n) is 9.27. The quantitative estimate of drug-likeness (QED) is 0.699. The van der Waals surface area contributed by atoms with Gasteiger partial charge in [-0.2, -0.15) is 0 Å². The van der Waals surface area contributed by atoms with Crippen LogP contribution in [0, 0.1) is 5.82 Å². The van der Waals surface area contributed by atoms with Crippen LogP contribution in [0.1, 0.15) is 50.8 Å². The Morgan fingerprint density at radius 3 is 2.47 bits per heavy atom. The van der Waals surface area contributed by atoms with Crippen molar-refractivity contribution in [3.8, 4) is 0 Å². The number of hydrogen-bond donors (Lipinski definition) is 0. The Bertz CT molecular complexity index is 391. The SMILES string of the molecule is CC(C)(C)c1nc(Br)c(F)cc1C1CC1. The largest absolute Gasteiger partial charge is 0.242 e. The third-order valence-electron chi connectivity index (χ3n) is 2.69. The molecular weight excluding hydrogens is 257 g/mol. The van der Waals surface area contributed by atoms with Gasteiger partial charge in [0.2, 0.25) is 0 Å². The molecule has 0 spiro atoms. The average Bonchev–Trinajstić information content (AvgIpc) is 2.89. The average molecular weight is 272 g/mol. The smallest absolute Gasteiger partial charge is 0.156 e. The first-order valence-corrected chi connectivity index (χ1v) is 6.05. The monoisotopic (exact) mass is 271 g/mol. The van der Waals surface area contributed by atoms with E-state index in [1.807, 2.05) is 0 Å². The molecule has 0 aromatic carbocycles. The molecule has 2 rings (SSSR count). The van der Waals surface area contributed by atoms with Gasteiger partial charge in [-0.25, -0.2) is 9.37 Å². The summed E-state index contributed by atoms with van der Waals surface area (Å²) in [6, 6.07) is 1.65. The number of halogens is 2. The van der Waals surface area contributed by atoms with E-state index in [1.165, 1.54) is 12.8 Å². The molecule has 0 radical (unpaired) electrons. The Kier molecular flexibility index (Phi) is 2.61. The Hall–Kier alpha value is -0.440. The van der Waals surface area contributed by atoms with E-state index in [4.69, 9.17) is 0 Å². The maximum absolute atomic E-state index is 13.4. The lowest BCUT2D eigenvalue weighted by atomic mass is 9.87. The second-order valence-corrected chi connectivity index (χ2v) is 5.97. The lowest BCUT2D eigenvalue weighted by Gasteiger charge is -2.22. The molecule has 1 aliphatic rings. The van der Waals surface area contributed by atoms with E-state index in [0.717, 1.165) is 11.3 Å². The Balaban J connectivity index is 2.55. The Morgan fingerprint density at radius 2 is 2.00 bits per heavy atom. The van der Waals surface area contributed by atoms with Gasteiger partial charge in [-0.15, -0.1) is 0 Å². The van der Waals surface area contributed by atoms with E-state index in [1.54, 1.807) is 6.07 Å². The summed E-state index contributed by atoms with van der Waals surface area (Å²) in [6.07, 6.45) is 2.34. The third-order valence-corrected chi connectivity index (χ3v) is 3.25. The normalized spacial score (nSPS) is 16.9. The Morgan fingerprint density at radius 1 is 1.40 bits per heavy atom. The predicted molar refractivity (Wildman–Crippen MR) is 62.6 cm³/mol. The molecule has 0 N–H and O–H groups in total. The summed E-state index contributed by atoms with van der Waals surface area (Å²) in [5.74, 6) is 0.291. The molecule has 82 valence electrons. The van der Waals surface area contributed by atoms with Gasteiger partial charge in [-0.3, -0.25) is 0 Å². The van der Waals surface area contributed by atoms with Crippen molar-refractivity contribution in [1.82, 2.24) is 4.98 Å². The van der Waals surface area contributed by atoms with E-state index in [2.05, 4.69) is 41.7 Å². The van der Waals surface area contributed by atoms with Gasteiger partial charge >= 0.3 is 0 Å². The zero-order chi connectivity index (χ0) is 11.2. The van der Waals surface area contributed by atoms with Crippen molar-refractivity contribution in [1.29, 1.82) is 0 Å². The summed E-state index contributed by atoms with van der Waals surface area (Å²) >= 11 is 3.16. The van der Waals surface area contributed by atoms with Crippen LogP contribution < -0.4 is 0 Å². The fraction of sp³-hybridized carbons (Fsp3) is 0.583. The van der Waals surface area contributed by atoms with E-state index in [9.17, 15) is 4.39 Å². The van der Waals surface area contributed by atoms with Gasteiger partial charge in [0.1, 0.15) is 4.60 Å². The molecular formula is C12H15BrFN. The highest BCUT2D eigenvalue weighted by Crippen LogP contribution is 2.44. The molecule has 15 heavy (non-hydrogen) atoms. The number of aromatic nitrogens is 1. The minimum Gasteiger partial charge on any atom is -0.242 e. The van der Waals surface area contributed by atoms with Crippen molar-refractivity contribution in [2.45, 2.75) is 44.9 Å². The lowest BCUT2D eigenvalue weighted by Crippen LogP contribution is -2.17. The highest BCUT2D eigenvalue weighted by atomic mass is 79.9. The molecule has 3 heteroatoms. The lowest BCUT2D eigenvalue weighted by molar-refractivity contribution is 0.543. The van der Waals surface area contributed by atoms with Crippen LogP contribution >= 0.6 is 15.9 Å². The number of hydrogen-bond acceptors (Lipinski definition) is 1. The second-order valence-electron chi connectivity index (χ2n) is 5.22. The molecule has 0 amide bonds. The summed E-state index contributed by atoms with van der Waals surface area (Å²) in [6.45, 7) is 6.35. The summed E-state index contributed by atoms with van der Waals surface area (Å²) in [7, 11) is 0. The van der Waals surface area contributed by atoms with Crippen molar-refractivity contribution < 1.29 is 4.39 Å². The van der Waals surface area contributed by atoms with Crippen LogP contribution in [0.25, 0.3) is 0 Å². The van der Waals surface area contributed by atoms with Crippen LogP contribution in [0.4, 0.5) is 4.39 Å². The molecule has 1 aromatic heterocycles. The van der Waals surface area contributed by atoms with E-state index in [0.29, 0.717) is 10.5 Å². The van der Waals surface area contributed by atoms with E-state index >= 15 is 0 Å². The maximum atomic E-state index is 13.4. The van der Waals surface area contributed by atoms with Gasteiger partial charge in [-0.05, 0) is 46.3 Å². The van der Waals surface area contributed by atoms with Gasteiger partial charge in [0.25, 0.3) is 0 Å². The van der Waals surface area contributed by atoms with Crippen LogP contribution in [0.5, 0.6) is 0 Å². The zero-order valence-corrected chi connectivity index (χ0v) is 10.9. The van der Waals surface area contributed by atoms with Gasteiger partial charge in [0, 0.05) is 5.41 Å². The molecule has 0 aliphatic heterocycles. The minimum absolute atomic E-state index is 0.0197. The van der Waals surface area contributed by atoms with E-state index in [-0.39, 0.29) is 11.2 Å². The highest BCUT2D eigenvalue weighted by molar-refractivity contribution is 9.10. The van der Waals surface area contributed by atoms with Crippen molar-refractivity contribution in [3.05, 3.63) is 27.7 Å². The standard InChI is InChI=1S/C12H15BrFN/c1-12(2,3)10-8(7-4-5-7)6-9(14)11(13)15-10/h6-7H,4-5H2,1-3H3. The third kappa shape index (κ3) is 2.22. The number of pyridine rings is 1. The van der Waals surface area contributed by atoms with Gasteiger partial charge in [0.05, 0.1) is 5.69 Å². The molecule has 0 saturated heterocycles. The maximum Gasteiger partial charge on any atom is 0.156 e. The molecule has 1 saturated carbocycles. The van der Waals surface area contributed by atoms with Crippen LogP contribution in [-0.2, 0) is 5.41 Å². The second kappa shape index (κ2) is 3.55. The van der Waals surface area contributed by atoms with Crippen molar-refractivity contribution in [2.75, 3.05) is 0 Å². The summed E-state index contributed by atoms with van der Waals surface area (Å²) in [4.78, 5) is 4.35. The van der Waals surface area contributed by atoms with Crippen molar-refractivity contribution in [2.24, 2.45) is 0 Å².